The molecule has 1 saturated heterocycles. The Morgan fingerprint density at radius 3 is 2.40 bits per heavy atom. The van der Waals surface area contributed by atoms with Gasteiger partial charge in [-0.05, 0) is 43.2 Å². The molecule has 0 N–H and O–H groups in total. The van der Waals surface area contributed by atoms with Crippen LogP contribution in [0.5, 0.6) is 11.5 Å². The molecule has 0 spiro atoms. The van der Waals surface area contributed by atoms with Gasteiger partial charge in [0.05, 0.1) is 24.1 Å². The summed E-state index contributed by atoms with van der Waals surface area (Å²) in [4.78, 5) is 14.6. The van der Waals surface area contributed by atoms with Crippen molar-refractivity contribution in [2.24, 2.45) is 5.92 Å². The Balaban J connectivity index is 1.67. The Labute approximate surface area is 182 Å². The average Bonchev–Trinajstić information content (AvgIpc) is 2.78. The topological polar surface area (TPSA) is 76.2 Å². The lowest BCUT2D eigenvalue weighted by Crippen LogP contribution is -2.43. The zero-order valence-electron chi connectivity index (χ0n) is 17.2. The number of anilines is 1. The first-order valence-electron chi connectivity index (χ1n) is 9.53. The minimum Gasteiger partial charge on any atom is -0.497 e. The summed E-state index contributed by atoms with van der Waals surface area (Å²) in [5.41, 5.74) is 0.738. The monoisotopic (exact) mass is 452 g/mol. The number of benzene rings is 2. The summed E-state index contributed by atoms with van der Waals surface area (Å²) >= 11 is 6.09. The van der Waals surface area contributed by atoms with E-state index in [2.05, 4.69) is 0 Å². The van der Waals surface area contributed by atoms with Crippen LogP contribution in [0.25, 0.3) is 0 Å². The third kappa shape index (κ3) is 4.55. The first-order chi connectivity index (χ1) is 14.3. The molecule has 0 aliphatic carbocycles. The van der Waals surface area contributed by atoms with Crippen LogP contribution >= 0.6 is 11.6 Å². The molecule has 162 valence electrons. The Kier molecular flexibility index (Phi) is 6.90. The molecule has 0 atom stereocenters. The van der Waals surface area contributed by atoms with E-state index in [4.69, 9.17) is 21.1 Å². The van der Waals surface area contributed by atoms with E-state index >= 15 is 0 Å². The van der Waals surface area contributed by atoms with Gasteiger partial charge in [0.1, 0.15) is 11.5 Å². The van der Waals surface area contributed by atoms with Crippen molar-refractivity contribution in [2.75, 3.05) is 39.3 Å². The molecule has 0 radical (unpaired) electrons. The fourth-order valence-electron chi connectivity index (χ4n) is 3.52. The van der Waals surface area contributed by atoms with Gasteiger partial charge in [-0.1, -0.05) is 17.7 Å². The van der Waals surface area contributed by atoms with Crippen molar-refractivity contribution in [2.45, 2.75) is 17.7 Å². The smallest absolute Gasteiger partial charge is 0.243 e. The lowest BCUT2D eigenvalue weighted by atomic mass is 9.96. The van der Waals surface area contributed by atoms with Crippen LogP contribution in [-0.4, -0.2) is 53.0 Å². The first kappa shape index (κ1) is 22.4. The third-order valence-electron chi connectivity index (χ3n) is 5.34. The predicted molar refractivity (Wildman–Crippen MR) is 116 cm³/mol. The third-order valence-corrected chi connectivity index (χ3v) is 7.53. The molecule has 0 bridgehead atoms. The van der Waals surface area contributed by atoms with Crippen molar-refractivity contribution < 1.29 is 22.7 Å². The fourth-order valence-corrected chi connectivity index (χ4v) is 5.34. The highest BCUT2D eigenvalue weighted by molar-refractivity contribution is 7.89. The SMILES string of the molecule is COc1cccc(N(C)C(=O)C2CCN(S(=O)(=O)c3ccc(OC)c(Cl)c3)CC2)c1. The Hall–Kier alpha value is -2.29. The van der Waals surface area contributed by atoms with Gasteiger partial charge < -0.3 is 14.4 Å². The highest BCUT2D eigenvalue weighted by atomic mass is 35.5. The minimum atomic E-state index is -3.69. The number of nitrogens with zero attached hydrogens (tertiary/aromatic N) is 2. The van der Waals surface area contributed by atoms with Crippen LogP contribution in [0.3, 0.4) is 0 Å². The van der Waals surface area contributed by atoms with Crippen LogP contribution in [0.2, 0.25) is 5.02 Å². The highest BCUT2D eigenvalue weighted by Crippen LogP contribution is 2.31. The Bertz CT molecular complexity index is 1020. The maximum absolute atomic E-state index is 13.0. The maximum atomic E-state index is 13.0. The van der Waals surface area contributed by atoms with Gasteiger partial charge in [-0.15, -0.1) is 0 Å². The largest absolute Gasteiger partial charge is 0.497 e. The Morgan fingerprint density at radius 1 is 1.10 bits per heavy atom. The second-order valence-corrected chi connectivity index (χ2v) is 9.42. The van der Waals surface area contributed by atoms with E-state index in [9.17, 15) is 13.2 Å². The average molecular weight is 453 g/mol. The van der Waals surface area contributed by atoms with E-state index in [1.807, 2.05) is 18.2 Å². The molecular formula is C21H25ClN2O5S. The van der Waals surface area contributed by atoms with Crippen LogP contribution in [0.15, 0.2) is 47.4 Å². The van der Waals surface area contributed by atoms with Gasteiger partial charge in [0.25, 0.3) is 0 Å². The van der Waals surface area contributed by atoms with Crippen LogP contribution in [0.1, 0.15) is 12.8 Å². The zero-order valence-corrected chi connectivity index (χ0v) is 18.7. The molecule has 1 aliphatic rings. The number of rotatable bonds is 6. The fraction of sp³-hybridized carbons (Fsp3) is 0.381. The van der Waals surface area contributed by atoms with Gasteiger partial charge in [-0.25, -0.2) is 8.42 Å². The van der Waals surface area contributed by atoms with Crippen LogP contribution in [0.4, 0.5) is 5.69 Å². The van der Waals surface area contributed by atoms with Gasteiger partial charge >= 0.3 is 0 Å². The van der Waals surface area contributed by atoms with Crippen LogP contribution in [0, 0.1) is 5.92 Å². The summed E-state index contributed by atoms with van der Waals surface area (Å²) in [7, 11) is 1.08. The number of hydrogen-bond acceptors (Lipinski definition) is 5. The number of hydrogen-bond donors (Lipinski definition) is 0. The molecule has 7 nitrogen and oxygen atoms in total. The number of amides is 1. The lowest BCUT2D eigenvalue weighted by molar-refractivity contribution is -0.123. The normalized spacial score (nSPS) is 15.6. The molecule has 9 heteroatoms. The molecule has 2 aromatic carbocycles. The van der Waals surface area contributed by atoms with E-state index in [-0.39, 0.29) is 34.8 Å². The van der Waals surface area contributed by atoms with Gasteiger partial charge in [0.2, 0.25) is 15.9 Å². The van der Waals surface area contributed by atoms with Gasteiger partial charge in [-0.3, -0.25) is 4.79 Å². The standard InChI is InChI=1S/C21H25ClN2O5S/c1-23(16-5-4-6-17(13-16)28-2)21(25)15-9-11-24(12-10-15)30(26,27)18-7-8-20(29-3)19(22)14-18/h4-8,13-15H,9-12H2,1-3H3. The van der Waals surface area contributed by atoms with E-state index in [1.54, 1.807) is 25.1 Å². The predicted octanol–water partition coefficient (Wildman–Crippen LogP) is 3.42. The molecule has 30 heavy (non-hydrogen) atoms. The molecule has 0 saturated carbocycles. The van der Waals surface area contributed by atoms with Crippen molar-refractivity contribution in [3.63, 3.8) is 0 Å². The van der Waals surface area contributed by atoms with E-state index < -0.39 is 10.0 Å². The van der Waals surface area contributed by atoms with Gasteiger partial charge in [-0.2, -0.15) is 4.31 Å². The van der Waals surface area contributed by atoms with E-state index in [0.717, 1.165) is 5.69 Å². The van der Waals surface area contributed by atoms with Gasteiger partial charge in [0, 0.05) is 37.8 Å². The molecule has 1 fully saturated rings. The highest BCUT2D eigenvalue weighted by Gasteiger charge is 2.33. The summed E-state index contributed by atoms with van der Waals surface area (Å²) in [5.74, 6) is 0.812. The van der Waals surface area contributed by atoms with Crippen molar-refractivity contribution >= 4 is 33.2 Å². The minimum absolute atomic E-state index is 0.0345. The van der Waals surface area contributed by atoms with Crippen molar-refractivity contribution in [3.05, 3.63) is 47.5 Å². The van der Waals surface area contributed by atoms with Crippen LogP contribution in [-0.2, 0) is 14.8 Å². The molecule has 3 rings (SSSR count). The molecular weight excluding hydrogens is 428 g/mol. The summed E-state index contributed by atoms with van der Waals surface area (Å²) in [5, 5.41) is 0.239. The van der Waals surface area contributed by atoms with E-state index in [1.165, 1.54) is 29.6 Å². The molecule has 0 aromatic heterocycles. The van der Waals surface area contributed by atoms with Crippen molar-refractivity contribution in [1.29, 1.82) is 0 Å². The molecule has 1 heterocycles. The molecule has 1 aliphatic heterocycles. The number of carbonyl (C=O) groups excluding carboxylic acids is 1. The van der Waals surface area contributed by atoms with E-state index in [0.29, 0.717) is 24.3 Å². The summed E-state index contributed by atoms with van der Waals surface area (Å²) in [6, 6.07) is 11.7. The quantitative estimate of drug-likeness (QED) is 0.671. The van der Waals surface area contributed by atoms with Crippen LogP contribution < -0.4 is 14.4 Å². The van der Waals surface area contributed by atoms with Crippen molar-refractivity contribution in [1.82, 2.24) is 4.31 Å². The molecule has 0 unspecified atom stereocenters. The summed E-state index contributed by atoms with van der Waals surface area (Å²) in [6.07, 6.45) is 0.909. The second-order valence-electron chi connectivity index (χ2n) is 7.07. The van der Waals surface area contributed by atoms with Gasteiger partial charge in [0.15, 0.2) is 0 Å². The first-order valence-corrected chi connectivity index (χ1v) is 11.3. The number of halogens is 1. The molecule has 1 amide bonds. The zero-order chi connectivity index (χ0) is 21.9. The number of carbonyl (C=O) groups is 1. The second kappa shape index (κ2) is 9.24. The molecule has 2 aromatic rings. The summed E-state index contributed by atoms with van der Waals surface area (Å²) in [6.45, 7) is 0.544. The van der Waals surface area contributed by atoms with Crippen molar-refractivity contribution in [3.8, 4) is 11.5 Å². The number of ether oxygens (including phenoxy) is 2. The Morgan fingerprint density at radius 2 is 1.80 bits per heavy atom. The number of sulfonamides is 1. The lowest BCUT2D eigenvalue weighted by Gasteiger charge is -2.32. The summed E-state index contributed by atoms with van der Waals surface area (Å²) < 4.78 is 37.6. The number of methoxy groups -OCH3 is 2. The maximum Gasteiger partial charge on any atom is 0.243 e. The number of piperidine rings is 1.